The average molecular weight is 267 g/mol. The number of halogens is 1. The molecular formula is C13H14FNO4. The summed E-state index contributed by atoms with van der Waals surface area (Å²) in [5.74, 6) is -1.90. The molecule has 1 fully saturated rings. The van der Waals surface area contributed by atoms with E-state index >= 15 is 0 Å². The van der Waals surface area contributed by atoms with Gasteiger partial charge in [-0.05, 0) is 25.0 Å². The summed E-state index contributed by atoms with van der Waals surface area (Å²) in [6, 6.07) is 3.77. The first-order valence-electron chi connectivity index (χ1n) is 5.96. The summed E-state index contributed by atoms with van der Waals surface area (Å²) in [5, 5.41) is 0. The van der Waals surface area contributed by atoms with Crippen LogP contribution in [0.1, 0.15) is 29.6 Å². The minimum absolute atomic E-state index is 0.0633. The van der Waals surface area contributed by atoms with E-state index in [4.69, 9.17) is 4.84 Å². The number of hydrogen-bond donors (Lipinski definition) is 1. The number of methoxy groups -OCH3 is 1. The molecule has 1 N–H and O–H groups in total. The predicted octanol–water partition coefficient (Wildman–Crippen LogP) is 2.28. The highest BCUT2D eigenvalue weighted by Gasteiger charge is 2.27. The van der Waals surface area contributed by atoms with Gasteiger partial charge in [0, 0.05) is 6.07 Å². The van der Waals surface area contributed by atoms with Gasteiger partial charge in [0.25, 0.3) is 0 Å². The summed E-state index contributed by atoms with van der Waals surface area (Å²) in [5.41, 5.74) is 2.47. The van der Waals surface area contributed by atoms with Gasteiger partial charge in [0.1, 0.15) is 5.82 Å². The Labute approximate surface area is 109 Å². The first-order valence-corrected chi connectivity index (χ1v) is 5.96. The molecule has 0 saturated heterocycles. The Morgan fingerprint density at radius 2 is 2.11 bits per heavy atom. The maximum Gasteiger partial charge on any atom is 0.340 e. The summed E-state index contributed by atoms with van der Waals surface area (Å²) in [6.07, 6.45) is 2.69. The fourth-order valence-corrected chi connectivity index (χ4v) is 1.69. The first-order chi connectivity index (χ1) is 9.11. The van der Waals surface area contributed by atoms with Crippen molar-refractivity contribution in [3.8, 4) is 0 Å². The minimum Gasteiger partial charge on any atom is -0.465 e. The molecule has 1 aliphatic carbocycles. The first kappa shape index (κ1) is 13.3. The molecule has 102 valence electrons. The largest absolute Gasteiger partial charge is 0.465 e. The highest BCUT2D eigenvalue weighted by Crippen LogP contribution is 2.27. The Hall–Kier alpha value is -2.11. The zero-order valence-corrected chi connectivity index (χ0v) is 10.4. The van der Waals surface area contributed by atoms with E-state index in [2.05, 4.69) is 10.2 Å². The second-order valence-electron chi connectivity index (χ2n) is 4.34. The summed E-state index contributed by atoms with van der Waals surface area (Å²) >= 11 is 0. The zero-order valence-electron chi connectivity index (χ0n) is 10.4. The highest BCUT2D eigenvalue weighted by atomic mass is 19.1. The molecule has 0 aliphatic heterocycles. The van der Waals surface area contributed by atoms with Crippen molar-refractivity contribution in [1.29, 1.82) is 0 Å². The van der Waals surface area contributed by atoms with E-state index in [0.717, 1.165) is 25.3 Å². The molecule has 6 heteroatoms. The molecule has 0 unspecified atom stereocenters. The van der Waals surface area contributed by atoms with Gasteiger partial charge >= 0.3 is 11.9 Å². The molecule has 2 rings (SSSR count). The number of benzene rings is 1. The zero-order chi connectivity index (χ0) is 13.8. The van der Waals surface area contributed by atoms with E-state index in [1.165, 1.54) is 19.2 Å². The molecule has 0 aromatic heterocycles. The van der Waals surface area contributed by atoms with Crippen LogP contribution in [0.25, 0.3) is 0 Å². The molecule has 0 amide bonds. The molecule has 1 aromatic rings. The van der Waals surface area contributed by atoms with Gasteiger partial charge in [-0.2, -0.15) is 0 Å². The highest BCUT2D eigenvalue weighted by molar-refractivity contribution is 5.90. The van der Waals surface area contributed by atoms with Crippen LogP contribution in [0, 0.1) is 11.7 Å². The number of anilines is 1. The molecule has 0 heterocycles. The smallest absolute Gasteiger partial charge is 0.340 e. The number of rotatable bonds is 4. The van der Waals surface area contributed by atoms with Crippen molar-refractivity contribution in [2.24, 2.45) is 5.92 Å². The van der Waals surface area contributed by atoms with E-state index < -0.39 is 11.8 Å². The Morgan fingerprint density at radius 3 is 2.63 bits per heavy atom. The number of carbonyl (C=O) groups is 2. The van der Waals surface area contributed by atoms with Crippen molar-refractivity contribution in [2.45, 2.75) is 19.3 Å². The Bertz CT molecular complexity index is 499. The van der Waals surface area contributed by atoms with Gasteiger partial charge in [0.15, 0.2) is 0 Å². The SMILES string of the molecule is COC(=O)c1ccc(NOC(=O)C2CCC2)cc1F. The second kappa shape index (κ2) is 5.69. The third-order valence-corrected chi connectivity index (χ3v) is 3.08. The number of hydrogen-bond acceptors (Lipinski definition) is 5. The lowest BCUT2D eigenvalue weighted by molar-refractivity contribution is -0.148. The second-order valence-corrected chi connectivity index (χ2v) is 4.34. The number of carbonyl (C=O) groups excluding carboxylic acids is 2. The van der Waals surface area contributed by atoms with Crippen molar-refractivity contribution in [2.75, 3.05) is 12.6 Å². The molecule has 0 radical (unpaired) electrons. The van der Waals surface area contributed by atoms with Crippen molar-refractivity contribution in [3.63, 3.8) is 0 Å². The van der Waals surface area contributed by atoms with E-state index in [1.807, 2.05) is 0 Å². The molecule has 0 atom stereocenters. The van der Waals surface area contributed by atoms with Gasteiger partial charge in [-0.3, -0.25) is 0 Å². The Kier molecular flexibility index (Phi) is 3.99. The van der Waals surface area contributed by atoms with Crippen molar-refractivity contribution in [1.82, 2.24) is 0 Å². The van der Waals surface area contributed by atoms with Crippen LogP contribution in [0.15, 0.2) is 18.2 Å². The Morgan fingerprint density at radius 1 is 1.37 bits per heavy atom. The van der Waals surface area contributed by atoms with Gasteiger partial charge in [-0.1, -0.05) is 6.42 Å². The predicted molar refractivity (Wildman–Crippen MR) is 64.8 cm³/mol. The monoisotopic (exact) mass is 267 g/mol. The van der Waals surface area contributed by atoms with E-state index in [-0.39, 0.29) is 23.1 Å². The fraction of sp³-hybridized carbons (Fsp3) is 0.385. The molecular weight excluding hydrogens is 253 g/mol. The molecule has 19 heavy (non-hydrogen) atoms. The van der Waals surface area contributed by atoms with E-state index in [9.17, 15) is 14.0 Å². The van der Waals surface area contributed by atoms with Crippen LogP contribution in [0.3, 0.4) is 0 Å². The van der Waals surface area contributed by atoms with Gasteiger partial charge in [-0.25, -0.2) is 19.5 Å². The van der Waals surface area contributed by atoms with Crippen LogP contribution in [0.2, 0.25) is 0 Å². The molecule has 1 aliphatic rings. The summed E-state index contributed by atoms with van der Waals surface area (Å²) in [6.45, 7) is 0. The van der Waals surface area contributed by atoms with Crippen molar-refractivity contribution >= 4 is 17.6 Å². The van der Waals surface area contributed by atoms with Gasteiger partial charge < -0.3 is 9.57 Å². The summed E-state index contributed by atoms with van der Waals surface area (Å²) in [7, 11) is 1.17. The molecule has 1 aromatic carbocycles. The number of esters is 1. The van der Waals surface area contributed by atoms with Crippen molar-refractivity contribution < 1.29 is 23.6 Å². The molecule has 0 spiro atoms. The summed E-state index contributed by atoms with van der Waals surface area (Å²) in [4.78, 5) is 27.5. The van der Waals surface area contributed by atoms with E-state index in [1.54, 1.807) is 0 Å². The molecule has 1 saturated carbocycles. The van der Waals surface area contributed by atoms with Crippen LogP contribution in [-0.2, 0) is 14.4 Å². The minimum atomic E-state index is -0.754. The van der Waals surface area contributed by atoms with Crippen molar-refractivity contribution in [3.05, 3.63) is 29.6 Å². The van der Waals surface area contributed by atoms with Gasteiger partial charge in [0.05, 0.1) is 24.3 Å². The van der Waals surface area contributed by atoms with Crippen LogP contribution < -0.4 is 5.48 Å². The third-order valence-electron chi connectivity index (χ3n) is 3.08. The Balaban J connectivity index is 1.95. The molecule has 5 nitrogen and oxygen atoms in total. The maximum absolute atomic E-state index is 13.6. The lowest BCUT2D eigenvalue weighted by Gasteiger charge is -2.22. The van der Waals surface area contributed by atoms with Crippen LogP contribution in [-0.4, -0.2) is 19.0 Å². The normalized spacial score (nSPS) is 14.4. The average Bonchev–Trinajstić information content (AvgIpc) is 2.33. The maximum atomic E-state index is 13.6. The third kappa shape index (κ3) is 3.01. The lowest BCUT2D eigenvalue weighted by Crippen LogP contribution is -2.26. The van der Waals surface area contributed by atoms with E-state index in [0.29, 0.717) is 0 Å². The summed E-state index contributed by atoms with van der Waals surface area (Å²) < 4.78 is 18.0. The standard InChI is InChI=1S/C13H14FNO4/c1-18-13(17)10-6-5-9(7-11(10)14)15-19-12(16)8-3-2-4-8/h5-8,15H,2-4H2,1H3. The lowest BCUT2D eigenvalue weighted by atomic mass is 9.86. The van der Waals surface area contributed by atoms with Crippen LogP contribution in [0.5, 0.6) is 0 Å². The topological polar surface area (TPSA) is 64.6 Å². The van der Waals surface area contributed by atoms with Crippen LogP contribution in [0.4, 0.5) is 10.1 Å². The van der Waals surface area contributed by atoms with Gasteiger partial charge in [-0.15, -0.1) is 0 Å². The van der Waals surface area contributed by atoms with Crippen LogP contribution >= 0.6 is 0 Å². The molecule has 0 bridgehead atoms. The quantitative estimate of drug-likeness (QED) is 0.669. The fourth-order valence-electron chi connectivity index (χ4n) is 1.69. The number of nitrogens with one attached hydrogen (secondary N) is 1. The number of ether oxygens (including phenoxy) is 1. The van der Waals surface area contributed by atoms with Gasteiger partial charge in [0.2, 0.25) is 0 Å².